The second-order valence-electron chi connectivity index (χ2n) is 3.50. The summed E-state index contributed by atoms with van der Waals surface area (Å²) >= 11 is 5.78. The monoisotopic (exact) mass is 246 g/mol. The van der Waals surface area contributed by atoms with Crippen LogP contribution in [0.1, 0.15) is 5.56 Å². The molecule has 1 heterocycles. The largest absolute Gasteiger partial charge is 0.268 e. The zero-order chi connectivity index (χ0) is 12.1. The van der Waals surface area contributed by atoms with E-state index < -0.39 is 0 Å². The van der Waals surface area contributed by atoms with E-state index >= 15 is 0 Å². The van der Waals surface area contributed by atoms with E-state index in [1.807, 2.05) is 36.4 Å². The Labute approximate surface area is 104 Å². The second-order valence-corrected chi connectivity index (χ2v) is 3.93. The van der Waals surface area contributed by atoms with Crippen molar-refractivity contribution in [3.63, 3.8) is 0 Å². The van der Waals surface area contributed by atoms with Gasteiger partial charge in [0.05, 0.1) is 6.54 Å². The molecule has 0 unspecified atom stereocenters. The van der Waals surface area contributed by atoms with Crippen LogP contribution in [0.5, 0.6) is 0 Å². The molecule has 1 aromatic carbocycles. The fourth-order valence-electron chi connectivity index (χ4n) is 1.39. The minimum atomic E-state index is -0.103. The molecule has 0 fully saturated rings. The van der Waals surface area contributed by atoms with E-state index in [-0.39, 0.29) is 5.56 Å². The van der Waals surface area contributed by atoms with E-state index in [9.17, 15) is 4.79 Å². The predicted octanol–water partition coefficient (Wildman–Crippen LogP) is 2.61. The van der Waals surface area contributed by atoms with Gasteiger partial charge in [-0.25, -0.2) is 4.68 Å². The van der Waals surface area contributed by atoms with Crippen LogP contribution in [0.15, 0.2) is 53.5 Å². The van der Waals surface area contributed by atoms with Crippen molar-refractivity contribution in [2.75, 3.05) is 0 Å². The molecule has 0 aliphatic rings. The van der Waals surface area contributed by atoms with Gasteiger partial charge in [0, 0.05) is 17.3 Å². The highest BCUT2D eigenvalue weighted by Crippen LogP contribution is 2.10. The number of aromatic nitrogens is 2. The van der Waals surface area contributed by atoms with Crippen LogP contribution >= 0.6 is 11.6 Å². The minimum Gasteiger partial charge on any atom is -0.268 e. The Morgan fingerprint density at radius 3 is 2.71 bits per heavy atom. The summed E-state index contributed by atoms with van der Waals surface area (Å²) in [6, 6.07) is 10.6. The molecule has 0 saturated heterocycles. The summed E-state index contributed by atoms with van der Waals surface area (Å²) in [5.74, 6) is 0. The van der Waals surface area contributed by atoms with Crippen molar-refractivity contribution in [2.45, 2.75) is 6.54 Å². The highest BCUT2D eigenvalue weighted by molar-refractivity contribution is 6.30. The number of allylic oxidation sites excluding steroid dienone is 1. The first-order chi connectivity index (χ1) is 8.25. The average Bonchev–Trinajstić information content (AvgIpc) is 2.34. The molecule has 4 heteroatoms. The average molecular weight is 247 g/mol. The molecule has 0 bridgehead atoms. The van der Waals surface area contributed by atoms with Crippen molar-refractivity contribution >= 4 is 17.7 Å². The summed E-state index contributed by atoms with van der Waals surface area (Å²) in [5, 5.41) is 4.67. The second kappa shape index (κ2) is 5.46. The maximum absolute atomic E-state index is 11.4. The summed E-state index contributed by atoms with van der Waals surface area (Å²) in [6.07, 6.45) is 5.41. The van der Waals surface area contributed by atoms with E-state index in [1.165, 1.54) is 10.7 Å². The van der Waals surface area contributed by atoms with Crippen molar-refractivity contribution in [1.82, 2.24) is 9.78 Å². The highest BCUT2D eigenvalue weighted by Gasteiger charge is 1.91. The molecular formula is C13H11ClN2O. The minimum absolute atomic E-state index is 0.103. The lowest BCUT2D eigenvalue weighted by Crippen LogP contribution is -2.20. The van der Waals surface area contributed by atoms with Gasteiger partial charge in [-0.3, -0.25) is 4.79 Å². The van der Waals surface area contributed by atoms with Gasteiger partial charge in [0.1, 0.15) is 0 Å². The fraction of sp³-hybridized carbons (Fsp3) is 0.0769. The zero-order valence-electron chi connectivity index (χ0n) is 9.08. The number of benzene rings is 1. The van der Waals surface area contributed by atoms with Crippen LogP contribution in [-0.4, -0.2) is 9.78 Å². The van der Waals surface area contributed by atoms with E-state index in [0.717, 1.165) is 5.56 Å². The van der Waals surface area contributed by atoms with E-state index in [4.69, 9.17) is 11.6 Å². The predicted molar refractivity (Wildman–Crippen MR) is 69.0 cm³/mol. The maximum atomic E-state index is 11.4. The molecule has 0 saturated carbocycles. The van der Waals surface area contributed by atoms with Crippen LogP contribution in [0.25, 0.3) is 6.08 Å². The molecule has 0 radical (unpaired) electrons. The summed E-state index contributed by atoms with van der Waals surface area (Å²) in [6.45, 7) is 0.461. The van der Waals surface area contributed by atoms with Gasteiger partial charge in [-0.2, -0.15) is 5.10 Å². The number of hydrogen-bond donors (Lipinski definition) is 0. The number of hydrogen-bond acceptors (Lipinski definition) is 2. The number of nitrogens with zero attached hydrogens (tertiary/aromatic N) is 2. The molecule has 0 atom stereocenters. The Morgan fingerprint density at radius 1 is 1.24 bits per heavy atom. The van der Waals surface area contributed by atoms with Gasteiger partial charge >= 0.3 is 0 Å². The summed E-state index contributed by atoms with van der Waals surface area (Å²) in [7, 11) is 0. The van der Waals surface area contributed by atoms with Gasteiger partial charge in [0.25, 0.3) is 5.56 Å². The van der Waals surface area contributed by atoms with Crippen molar-refractivity contribution in [1.29, 1.82) is 0 Å². The molecule has 0 aliphatic carbocycles. The molecule has 2 rings (SSSR count). The lowest BCUT2D eigenvalue weighted by atomic mass is 10.2. The molecular weight excluding hydrogens is 236 g/mol. The first-order valence-corrected chi connectivity index (χ1v) is 5.58. The van der Waals surface area contributed by atoms with Crippen molar-refractivity contribution in [3.05, 3.63) is 69.6 Å². The Kier molecular flexibility index (Phi) is 3.73. The quantitative estimate of drug-likeness (QED) is 0.835. The molecule has 0 spiro atoms. The van der Waals surface area contributed by atoms with Crippen LogP contribution in [0.4, 0.5) is 0 Å². The molecule has 86 valence electrons. The Hall–Kier alpha value is -1.87. The van der Waals surface area contributed by atoms with Gasteiger partial charge in [-0.1, -0.05) is 35.9 Å². The molecule has 0 aliphatic heterocycles. The van der Waals surface area contributed by atoms with Crippen LogP contribution in [0, 0.1) is 0 Å². The molecule has 0 amide bonds. The van der Waals surface area contributed by atoms with Crippen LogP contribution in [0.2, 0.25) is 5.02 Å². The molecule has 1 aromatic heterocycles. The maximum Gasteiger partial charge on any atom is 0.267 e. The van der Waals surface area contributed by atoms with Gasteiger partial charge in [-0.15, -0.1) is 0 Å². The lowest BCUT2D eigenvalue weighted by molar-refractivity contribution is 0.652. The van der Waals surface area contributed by atoms with Crippen LogP contribution in [0.3, 0.4) is 0 Å². The normalized spacial score (nSPS) is 10.9. The lowest BCUT2D eigenvalue weighted by Gasteiger charge is -1.98. The van der Waals surface area contributed by atoms with E-state index in [1.54, 1.807) is 12.3 Å². The third-order valence-electron chi connectivity index (χ3n) is 2.24. The van der Waals surface area contributed by atoms with Gasteiger partial charge in [-0.05, 0) is 23.8 Å². The molecule has 2 aromatic rings. The van der Waals surface area contributed by atoms with Gasteiger partial charge in [0.15, 0.2) is 0 Å². The summed E-state index contributed by atoms with van der Waals surface area (Å²) in [4.78, 5) is 11.4. The SMILES string of the molecule is O=c1cccnn1C/C=C/c1ccc(Cl)cc1. The molecule has 0 N–H and O–H groups in total. The topological polar surface area (TPSA) is 34.9 Å². The van der Waals surface area contributed by atoms with Crippen molar-refractivity contribution in [3.8, 4) is 0 Å². The summed E-state index contributed by atoms with van der Waals surface area (Å²) < 4.78 is 1.40. The Morgan fingerprint density at radius 2 is 2.00 bits per heavy atom. The molecule has 17 heavy (non-hydrogen) atoms. The van der Waals surface area contributed by atoms with Crippen molar-refractivity contribution in [2.24, 2.45) is 0 Å². The number of rotatable bonds is 3. The van der Waals surface area contributed by atoms with Gasteiger partial charge in [0.2, 0.25) is 0 Å². The van der Waals surface area contributed by atoms with Crippen LogP contribution in [-0.2, 0) is 6.54 Å². The summed E-state index contributed by atoms with van der Waals surface area (Å²) in [5.41, 5.74) is 0.937. The third kappa shape index (κ3) is 3.29. The Balaban J connectivity index is 2.05. The fourth-order valence-corrected chi connectivity index (χ4v) is 1.51. The molecule has 3 nitrogen and oxygen atoms in total. The smallest absolute Gasteiger partial charge is 0.267 e. The first-order valence-electron chi connectivity index (χ1n) is 5.20. The van der Waals surface area contributed by atoms with Crippen molar-refractivity contribution < 1.29 is 0 Å². The highest BCUT2D eigenvalue weighted by atomic mass is 35.5. The number of halogens is 1. The Bertz CT molecular complexity index is 572. The van der Waals surface area contributed by atoms with Gasteiger partial charge < -0.3 is 0 Å². The van der Waals surface area contributed by atoms with E-state index in [2.05, 4.69) is 5.10 Å². The van der Waals surface area contributed by atoms with E-state index in [0.29, 0.717) is 11.6 Å². The third-order valence-corrected chi connectivity index (χ3v) is 2.50. The van der Waals surface area contributed by atoms with Crippen LogP contribution < -0.4 is 5.56 Å². The first kappa shape index (κ1) is 11.6. The zero-order valence-corrected chi connectivity index (χ0v) is 9.84. The standard InChI is InChI=1S/C13H11ClN2O/c14-12-7-5-11(6-8-12)3-2-10-16-13(17)4-1-9-15-16/h1-9H,10H2/b3-2+.